The van der Waals surface area contributed by atoms with E-state index in [1.807, 2.05) is 36.4 Å². The van der Waals surface area contributed by atoms with Crippen LogP contribution in [0.2, 0.25) is 0 Å². The molecule has 0 fully saturated rings. The van der Waals surface area contributed by atoms with E-state index in [9.17, 15) is 10.1 Å². The van der Waals surface area contributed by atoms with Crippen LogP contribution in [0.4, 0.5) is 5.69 Å². The minimum atomic E-state index is -0.403. The first-order chi connectivity index (χ1) is 11.2. The molecule has 0 spiro atoms. The molecule has 2 aromatic carbocycles. The monoisotopic (exact) mass is 301 g/mol. The van der Waals surface area contributed by atoms with Crippen molar-refractivity contribution >= 4 is 27.5 Å². The highest BCUT2D eigenvalue weighted by molar-refractivity contribution is 6.08. The van der Waals surface area contributed by atoms with Crippen molar-refractivity contribution in [2.24, 2.45) is 0 Å². The third kappa shape index (κ3) is 2.19. The van der Waals surface area contributed by atoms with Crippen LogP contribution in [-0.4, -0.2) is 14.9 Å². The predicted octanol–water partition coefficient (Wildman–Crippen LogP) is 4.36. The average molecular weight is 301 g/mol. The molecule has 4 aromatic rings. The molecule has 0 atom stereocenters. The average Bonchev–Trinajstić information content (AvgIpc) is 2.61. The number of nitro groups is 1. The lowest BCUT2D eigenvalue weighted by molar-refractivity contribution is -0.384. The van der Waals surface area contributed by atoms with Gasteiger partial charge in [0.1, 0.15) is 0 Å². The van der Waals surface area contributed by atoms with E-state index in [1.54, 1.807) is 18.3 Å². The molecule has 4 rings (SSSR count). The molecule has 2 aromatic heterocycles. The third-order valence-electron chi connectivity index (χ3n) is 3.81. The van der Waals surface area contributed by atoms with Gasteiger partial charge in [0.15, 0.2) is 0 Å². The minimum Gasteiger partial charge on any atom is -0.258 e. The summed E-state index contributed by atoms with van der Waals surface area (Å²) in [6, 6.07) is 18.2. The highest BCUT2D eigenvalue weighted by Crippen LogP contribution is 2.31. The van der Waals surface area contributed by atoms with Crippen LogP contribution in [0.5, 0.6) is 0 Å². The van der Waals surface area contributed by atoms with Crippen LogP contribution < -0.4 is 0 Å². The smallest absolute Gasteiger partial charge is 0.258 e. The normalized spacial score (nSPS) is 11.0. The Labute approximate surface area is 131 Å². The third-order valence-corrected chi connectivity index (χ3v) is 3.81. The fourth-order valence-electron chi connectivity index (χ4n) is 2.73. The van der Waals surface area contributed by atoms with Gasteiger partial charge in [0, 0.05) is 34.7 Å². The van der Waals surface area contributed by atoms with Crippen LogP contribution in [0.3, 0.4) is 0 Å². The molecular formula is C18H11N3O2. The van der Waals surface area contributed by atoms with Gasteiger partial charge in [-0.15, -0.1) is 0 Å². The number of pyridine rings is 2. The molecule has 0 radical (unpaired) electrons. The zero-order valence-electron chi connectivity index (χ0n) is 12.0. The van der Waals surface area contributed by atoms with E-state index < -0.39 is 4.92 Å². The van der Waals surface area contributed by atoms with Crippen LogP contribution in [0.1, 0.15) is 0 Å². The molecule has 110 valence electrons. The Morgan fingerprint density at radius 3 is 2.35 bits per heavy atom. The molecule has 5 nitrogen and oxygen atoms in total. The molecular weight excluding hydrogens is 290 g/mol. The number of hydrogen-bond donors (Lipinski definition) is 0. The summed E-state index contributed by atoms with van der Waals surface area (Å²) in [6.45, 7) is 0. The van der Waals surface area contributed by atoms with Gasteiger partial charge in [0.05, 0.1) is 21.7 Å². The van der Waals surface area contributed by atoms with Crippen molar-refractivity contribution in [2.75, 3.05) is 0 Å². The van der Waals surface area contributed by atoms with Crippen LogP contribution >= 0.6 is 0 Å². The molecule has 23 heavy (non-hydrogen) atoms. The largest absolute Gasteiger partial charge is 0.269 e. The van der Waals surface area contributed by atoms with Gasteiger partial charge >= 0.3 is 0 Å². The fourth-order valence-corrected chi connectivity index (χ4v) is 2.73. The standard InChI is InChI=1S/C18H11N3O2/c22-21(23)13-9-7-12(8-10-13)17-14-4-1-2-5-15(14)18-16(20-17)6-3-11-19-18/h1-11H. The van der Waals surface area contributed by atoms with E-state index >= 15 is 0 Å². The van der Waals surface area contributed by atoms with Crippen molar-refractivity contribution in [3.8, 4) is 11.3 Å². The maximum absolute atomic E-state index is 10.8. The predicted molar refractivity (Wildman–Crippen MR) is 89.1 cm³/mol. The maximum Gasteiger partial charge on any atom is 0.269 e. The van der Waals surface area contributed by atoms with Gasteiger partial charge in [0.25, 0.3) is 5.69 Å². The first-order valence-corrected chi connectivity index (χ1v) is 7.12. The van der Waals surface area contributed by atoms with Crippen molar-refractivity contribution in [3.05, 3.63) is 77.0 Å². The number of rotatable bonds is 2. The fraction of sp³-hybridized carbons (Fsp3) is 0. The van der Waals surface area contributed by atoms with E-state index in [0.717, 1.165) is 33.1 Å². The van der Waals surface area contributed by atoms with Gasteiger partial charge in [-0.25, -0.2) is 4.98 Å². The number of aromatic nitrogens is 2. The van der Waals surface area contributed by atoms with Crippen molar-refractivity contribution in [3.63, 3.8) is 0 Å². The second kappa shape index (κ2) is 5.14. The Morgan fingerprint density at radius 2 is 1.61 bits per heavy atom. The van der Waals surface area contributed by atoms with E-state index in [4.69, 9.17) is 4.98 Å². The number of non-ortho nitro benzene ring substituents is 1. The second-order valence-electron chi connectivity index (χ2n) is 5.18. The summed E-state index contributed by atoms with van der Waals surface area (Å²) in [6.07, 6.45) is 1.75. The summed E-state index contributed by atoms with van der Waals surface area (Å²) in [5, 5.41) is 12.8. The molecule has 0 saturated heterocycles. The first kappa shape index (κ1) is 13.3. The van der Waals surface area contributed by atoms with E-state index in [-0.39, 0.29) is 5.69 Å². The molecule has 0 aliphatic heterocycles. The molecule has 2 heterocycles. The second-order valence-corrected chi connectivity index (χ2v) is 5.18. The maximum atomic E-state index is 10.8. The minimum absolute atomic E-state index is 0.0699. The number of fused-ring (bicyclic) bond motifs is 3. The van der Waals surface area contributed by atoms with Gasteiger partial charge in [-0.3, -0.25) is 15.1 Å². The Morgan fingerprint density at radius 1 is 0.870 bits per heavy atom. The summed E-state index contributed by atoms with van der Waals surface area (Å²) in [7, 11) is 0. The molecule has 0 aliphatic rings. The Hall–Kier alpha value is -3.34. The van der Waals surface area contributed by atoms with Crippen LogP contribution in [0.15, 0.2) is 66.9 Å². The van der Waals surface area contributed by atoms with E-state index in [0.29, 0.717) is 0 Å². The lowest BCUT2D eigenvalue weighted by Crippen LogP contribution is -1.92. The van der Waals surface area contributed by atoms with Gasteiger partial charge in [0.2, 0.25) is 0 Å². The highest BCUT2D eigenvalue weighted by atomic mass is 16.6. The van der Waals surface area contributed by atoms with Gasteiger partial charge in [-0.05, 0) is 24.3 Å². The number of nitrogens with zero attached hydrogens (tertiary/aromatic N) is 3. The molecule has 0 N–H and O–H groups in total. The molecule has 0 saturated carbocycles. The summed E-state index contributed by atoms with van der Waals surface area (Å²) < 4.78 is 0. The zero-order valence-corrected chi connectivity index (χ0v) is 12.0. The molecule has 0 aliphatic carbocycles. The molecule has 5 heteroatoms. The molecule has 0 bridgehead atoms. The van der Waals surface area contributed by atoms with Crippen LogP contribution in [-0.2, 0) is 0 Å². The van der Waals surface area contributed by atoms with Crippen LogP contribution in [0.25, 0.3) is 33.1 Å². The molecule has 0 unspecified atom stereocenters. The Balaban J connectivity index is 2.03. The topological polar surface area (TPSA) is 68.9 Å². The number of nitro benzene ring substituents is 1. The number of hydrogen-bond acceptors (Lipinski definition) is 4. The number of benzene rings is 2. The lowest BCUT2D eigenvalue weighted by Gasteiger charge is -2.09. The van der Waals surface area contributed by atoms with Crippen molar-refractivity contribution in [1.29, 1.82) is 0 Å². The Kier molecular flexibility index (Phi) is 2.98. The van der Waals surface area contributed by atoms with Crippen molar-refractivity contribution < 1.29 is 4.92 Å². The van der Waals surface area contributed by atoms with E-state index in [1.165, 1.54) is 12.1 Å². The summed E-state index contributed by atoms with van der Waals surface area (Å²) in [4.78, 5) is 19.6. The quantitative estimate of drug-likeness (QED) is 0.313. The summed E-state index contributed by atoms with van der Waals surface area (Å²) in [5.41, 5.74) is 3.38. The van der Waals surface area contributed by atoms with Crippen molar-refractivity contribution in [2.45, 2.75) is 0 Å². The highest BCUT2D eigenvalue weighted by Gasteiger charge is 2.12. The summed E-state index contributed by atoms with van der Waals surface area (Å²) in [5.74, 6) is 0. The van der Waals surface area contributed by atoms with Crippen molar-refractivity contribution in [1.82, 2.24) is 9.97 Å². The lowest BCUT2D eigenvalue weighted by atomic mass is 10.0. The van der Waals surface area contributed by atoms with Gasteiger partial charge in [-0.1, -0.05) is 24.3 Å². The zero-order chi connectivity index (χ0) is 15.8. The first-order valence-electron chi connectivity index (χ1n) is 7.12. The van der Waals surface area contributed by atoms with Gasteiger partial charge in [-0.2, -0.15) is 0 Å². The van der Waals surface area contributed by atoms with Gasteiger partial charge < -0.3 is 0 Å². The van der Waals surface area contributed by atoms with E-state index in [2.05, 4.69) is 4.98 Å². The van der Waals surface area contributed by atoms with Crippen LogP contribution in [0, 0.1) is 10.1 Å². The SMILES string of the molecule is O=[N+]([O-])c1ccc(-c2nc3cccnc3c3ccccc23)cc1. The summed E-state index contributed by atoms with van der Waals surface area (Å²) >= 11 is 0. The Bertz CT molecular complexity index is 1040. The molecule has 0 amide bonds.